The van der Waals surface area contributed by atoms with Crippen molar-refractivity contribution in [1.82, 2.24) is 20.5 Å². The van der Waals surface area contributed by atoms with Crippen LogP contribution < -0.4 is 5.32 Å². The van der Waals surface area contributed by atoms with E-state index in [0.29, 0.717) is 41.8 Å². The van der Waals surface area contributed by atoms with Crippen molar-refractivity contribution < 1.29 is 22.3 Å². The van der Waals surface area contributed by atoms with Gasteiger partial charge in [-0.2, -0.15) is 0 Å². The lowest BCUT2D eigenvalue weighted by molar-refractivity contribution is 0.201. The first-order chi connectivity index (χ1) is 15.4. The topological polar surface area (TPSA) is 85.4 Å². The minimum absolute atomic E-state index is 0.0547. The van der Waals surface area contributed by atoms with Crippen LogP contribution in [0.25, 0.3) is 5.57 Å². The summed E-state index contributed by atoms with van der Waals surface area (Å²) in [5, 5.41) is 10.9. The first-order valence-electron chi connectivity index (χ1n) is 9.51. The molecule has 166 valence electrons. The van der Waals surface area contributed by atoms with Crippen LogP contribution in [0.3, 0.4) is 0 Å². The number of hydrogen-bond donors (Lipinski definition) is 1. The summed E-state index contributed by atoms with van der Waals surface area (Å²) < 4.78 is 52.6. The van der Waals surface area contributed by atoms with Crippen LogP contribution in [-0.2, 0) is 4.74 Å². The highest BCUT2D eigenvalue weighted by atomic mass is 35.5. The minimum atomic E-state index is -0.893. The maximum Gasteiger partial charge on any atom is 0.247 e. The Bertz CT molecular complexity index is 1230. The lowest BCUT2D eigenvalue weighted by atomic mass is 9.94. The molecule has 7 nitrogen and oxygen atoms in total. The van der Waals surface area contributed by atoms with Gasteiger partial charge in [-0.05, 0) is 17.7 Å². The monoisotopic (exact) mass is 463 g/mol. The van der Waals surface area contributed by atoms with E-state index in [-0.39, 0.29) is 22.4 Å². The van der Waals surface area contributed by atoms with Gasteiger partial charge in [-0.3, -0.25) is 4.99 Å². The number of nitrogens with one attached hydrogen (secondary N) is 1. The number of hydrogen-bond acceptors (Lipinski definition) is 7. The smallest absolute Gasteiger partial charge is 0.247 e. The van der Waals surface area contributed by atoms with Gasteiger partial charge in [-0.1, -0.05) is 17.7 Å². The normalized spacial score (nSPS) is 16.2. The van der Waals surface area contributed by atoms with Gasteiger partial charge in [0.2, 0.25) is 11.8 Å². The highest BCUT2D eigenvalue weighted by Gasteiger charge is 2.32. The van der Waals surface area contributed by atoms with Gasteiger partial charge in [-0.15, -0.1) is 10.2 Å². The van der Waals surface area contributed by atoms with E-state index in [9.17, 15) is 13.2 Å². The van der Waals surface area contributed by atoms with Crippen molar-refractivity contribution in [3.05, 3.63) is 81.7 Å². The highest BCUT2D eigenvalue weighted by Crippen LogP contribution is 2.39. The van der Waals surface area contributed by atoms with Crippen molar-refractivity contribution in [3.8, 4) is 0 Å². The molecule has 11 heteroatoms. The number of benzene rings is 1. The standard InChI is InChI=1S/C21H17ClF3N5O2/c1-10-29-30-21(32-10)17-16(5-6-31-2)27-20(19-15(25)8-12(23)9-26-19)28-18(17)11-3-4-14(24)13(22)7-11/h3-4,7-9,18H,5-6H2,1-2H3,(H,27,28). The molecule has 1 aliphatic heterocycles. The molecule has 0 saturated carbocycles. The number of aryl methyl sites for hydroxylation is 1. The molecule has 1 N–H and O–H groups in total. The van der Waals surface area contributed by atoms with Crippen LogP contribution in [0.1, 0.15) is 35.5 Å². The van der Waals surface area contributed by atoms with Gasteiger partial charge >= 0.3 is 0 Å². The first-order valence-corrected chi connectivity index (χ1v) is 9.88. The summed E-state index contributed by atoms with van der Waals surface area (Å²) in [6.07, 6.45) is 1.24. The number of amidine groups is 1. The van der Waals surface area contributed by atoms with E-state index in [1.54, 1.807) is 6.92 Å². The molecule has 0 saturated heterocycles. The summed E-state index contributed by atoms with van der Waals surface area (Å²) in [4.78, 5) is 8.43. The molecule has 32 heavy (non-hydrogen) atoms. The van der Waals surface area contributed by atoms with E-state index >= 15 is 0 Å². The van der Waals surface area contributed by atoms with Crippen LogP contribution in [0.5, 0.6) is 0 Å². The van der Waals surface area contributed by atoms with E-state index in [4.69, 9.17) is 20.8 Å². The molecule has 1 aromatic carbocycles. The number of pyridine rings is 1. The third kappa shape index (κ3) is 4.37. The molecule has 0 fully saturated rings. The molecular weight excluding hydrogens is 447 g/mol. The Morgan fingerprint density at radius 1 is 1.16 bits per heavy atom. The second-order valence-electron chi connectivity index (χ2n) is 6.92. The number of aromatic nitrogens is 3. The van der Waals surface area contributed by atoms with Gasteiger partial charge in [0.05, 0.1) is 23.4 Å². The Morgan fingerprint density at radius 2 is 1.97 bits per heavy atom. The number of halogens is 4. The summed E-state index contributed by atoms with van der Waals surface area (Å²) in [7, 11) is 1.54. The fourth-order valence-corrected chi connectivity index (χ4v) is 3.48. The van der Waals surface area contributed by atoms with Gasteiger partial charge in [0.25, 0.3) is 0 Å². The van der Waals surface area contributed by atoms with Crippen LogP contribution in [-0.4, -0.2) is 34.7 Å². The molecule has 4 rings (SSSR count). The molecule has 3 aromatic rings. The van der Waals surface area contributed by atoms with Crippen LogP contribution in [0, 0.1) is 24.4 Å². The molecule has 1 atom stereocenters. The number of aliphatic imine (C=N–C) groups is 1. The number of nitrogens with zero attached hydrogens (tertiary/aromatic N) is 4. The predicted molar refractivity (Wildman–Crippen MR) is 110 cm³/mol. The molecule has 0 spiro atoms. The lowest BCUT2D eigenvalue weighted by Gasteiger charge is -2.27. The lowest BCUT2D eigenvalue weighted by Crippen LogP contribution is -2.32. The van der Waals surface area contributed by atoms with E-state index in [0.717, 1.165) is 6.20 Å². The molecule has 0 aliphatic carbocycles. The second-order valence-corrected chi connectivity index (χ2v) is 7.33. The molecule has 3 heterocycles. The third-order valence-corrected chi connectivity index (χ3v) is 5.02. The molecule has 1 aliphatic rings. The average molecular weight is 464 g/mol. The fourth-order valence-electron chi connectivity index (χ4n) is 3.29. The van der Waals surface area contributed by atoms with E-state index in [1.165, 1.54) is 25.3 Å². The van der Waals surface area contributed by atoms with E-state index in [2.05, 4.69) is 25.5 Å². The SMILES string of the molecule is COCCC1=C(c2nnc(C)o2)C(c2ccc(F)c(Cl)c2)N=C(c2ncc(F)cc2F)N1. The van der Waals surface area contributed by atoms with Crippen molar-refractivity contribution >= 4 is 23.0 Å². The zero-order valence-electron chi connectivity index (χ0n) is 17.0. The molecular formula is C21H17ClF3N5O2. The van der Waals surface area contributed by atoms with Crippen molar-refractivity contribution in [2.75, 3.05) is 13.7 Å². The summed E-state index contributed by atoms with van der Waals surface area (Å²) in [6, 6.07) is 4.02. The quantitative estimate of drug-likeness (QED) is 0.584. The average Bonchev–Trinajstić information content (AvgIpc) is 3.19. The maximum absolute atomic E-state index is 14.5. The minimum Gasteiger partial charge on any atom is -0.421 e. The van der Waals surface area contributed by atoms with Gasteiger partial charge in [0, 0.05) is 32.2 Å². The van der Waals surface area contributed by atoms with Crippen molar-refractivity contribution in [2.45, 2.75) is 19.4 Å². The second kappa shape index (κ2) is 9.09. The van der Waals surface area contributed by atoms with Crippen LogP contribution in [0.15, 0.2) is 45.6 Å². The predicted octanol–water partition coefficient (Wildman–Crippen LogP) is 4.38. The summed E-state index contributed by atoms with van der Waals surface area (Å²) in [5.74, 6) is -1.74. The number of methoxy groups -OCH3 is 1. The van der Waals surface area contributed by atoms with E-state index < -0.39 is 23.5 Å². The molecule has 0 radical (unpaired) electrons. The largest absolute Gasteiger partial charge is 0.421 e. The molecule has 1 unspecified atom stereocenters. The Balaban J connectivity index is 1.91. The maximum atomic E-state index is 14.5. The van der Waals surface area contributed by atoms with Gasteiger partial charge in [-0.25, -0.2) is 18.2 Å². The Kier molecular flexibility index (Phi) is 6.24. The zero-order chi connectivity index (χ0) is 22.8. The summed E-state index contributed by atoms with van der Waals surface area (Å²) >= 11 is 6.01. The Hall–Kier alpha value is -3.24. The van der Waals surface area contributed by atoms with Crippen molar-refractivity contribution in [1.29, 1.82) is 0 Å². The number of rotatable bonds is 6. The Morgan fingerprint density at radius 3 is 2.62 bits per heavy atom. The zero-order valence-corrected chi connectivity index (χ0v) is 17.8. The molecule has 0 bridgehead atoms. The van der Waals surface area contributed by atoms with Crippen LogP contribution in [0.4, 0.5) is 13.2 Å². The molecule has 0 amide bonds. The highest BCUT2D eigenvalue weighted by molar-refractivity contribution is 6.30. The van der Waals surface area contributed by atoms with Crippen LogP contribution >= 0.6 is 11.6 Å². The van der Waals surface area contributed by atoms with Gasteiger partial charge in [0.1, 0.15) is 23.4 Å². The van der Waals surface area contributed by atoms with Crippen molar-refractivity contribution in [2.24, 2.45) is 4.99 Å². The number of ether oxygens (including phenoxy) is 1. The molecule has 2 aromatic heterocycles. The Labute approximate surface area is 186 Å². The van der Waals surface area contributed by atoms with Gasteiger partial charge < -0.3 is 14.5 Å². The fraction of sp³-hybridized carbons (Fsp3) is 0.238. The van der Waals surface area contributed by atoms with Crippen molar-refractivity contribution in [3.63, 3.8) is 0 Å². The summed E-state index contributed by atoms with van der Waals surface area (Å²) in [5.41, 5.74) is 1.37. The first kappa shape index (κ1) is 22.0. The summed E-state index contributed by atoms with van der Waals surface area (Å²) in [6.45, 7) is 1.95. The van der Waals surface area contributed by atoms with Crippen LogP contribution in [0.2, 0.25) is 5.02 Å². The van der Waals surface area contributed by atoms with E-state index in [1.807, 2.05) is 0 Å². The third-order valence-electron chi connectivity index (χ3n) is 4.73. The van der Waals surface area contributed by atoms with Gasteiger partial charge in [0.15, 0.2) is 11.7 Å².